The van der Waals surface area contributed by atoms with Crippen molar-refractivity contribution in [2.45, 2.75) is 82.9 Å². The van der Waals surface area contributed by atoms with Crippen molar-refractivity contribution in [3.8, 4) is 0 Å². The number of nitrogens with zero attached hydrogens (tertiary/aromatic N) is 4. The number of nitrogens with one attached hydrogen (secondary N) is 1. The van der Waals surface area contributed by atoms with Gasteiger partial charge in [-0.3, -0.25) is 4.79 Å². The van der Waals surface area contributed by atoms with Crippen molar-refractivity contribution in [1.82, 2.24) is 19.6 Å². The van der Waals surface area contributed by atoms with Gasteiger partial charge in [-0.05, 0) is 99.8 Å². The maximum atomic E-state index is 14.0. The van der Waals surface area contributed by atoms with Gasteiger partial charge in [-0.2, -0.15) is 0 Å². The molecular formula is C35H45Cl2N5O4. The Balaban J connectivity index is 1.09. The standard InChI is InChI=1S/C35H45Cl2N5O4/c1-24-29(36)21-25(22-30(24)37)23-32(33(43)40-16-10-27(11-17-40)39-14-5-2-6-15-39)46-35(45)41-18-12-28(13-19-41)42-20-9-26-7-3-4-8-31(26)38-34(42)44/h3-4,7-8,21-22,27-28,32H,2,5-6,9-20,23H2,1H3,(H,38,44)/t32-/m1/s1. The summed E-state index contributed by atoms with van der Waals surface area (Å²) in [4.78, 5) is 48.6. The minimum absolute atomic E-state index is 0.0221. The minimum Gasteiger partial charge on any atom is -0.436 e. The van der Waals surface area contributed by atoms with E-state index in [4.69, 9.17) is 27.9 Å². The quantitative estimate of drug-likeness (QED) is 0.386. The molecule has 9 nitrogen and oxygen atoms in total. The molecule has 0 bridgehead atoms. The monoisotopic (exact) mass is 669 g/mol. The zero-order chi connectivity index (χ0) is 32.2. The summed E-state index contributed by atoms with van der Waals surface area (Å²) < 4.78 is 6.03. The highest BCUT2D eigenvalue weighted by atomic mass is 35.5. The van der Waals surface area contributed by atoms with Gasteiger partial charge in [0.2, 0.25) is 0 Å². The first-order valence-corrected chi connectivity index (χ1v) is 17.6. The molecular weight excluding hydrogens is 625 g/mol. The third kappa shape index (κ3) is 7.58. The summed E-state index contributed by atoms with van der Waals surface area (Å²) in [5, 5.41) is 4.08. The number of urea groups is 1. The molecule has 0 spiro atoms. The largest absolute Gasteiger partial charge is 0.436 e. The molecule has 0 aliphatic carbocycles. The van der Waals surface area contributed by atoms with Gasteiger partial charge < -0.3 is 29.7 Å². The number of para-hydroxylation sites is 1. The molecule has 11 heteroatoms. The fourth-order valence-corrected chi connectivity index (χ4v) is 7.97. The van der Waals surface area contributed by atoms with E-state index < -0.39 is 12.2 Å². The molecule has 3 fully saturated rings. The molecule has 4 amide bonds. The number of ether oxygens (including phenoxy) is 1. The zero-order valence-electron chi connectivity index (χ0n) is 26.7. The van der Waals surface area contributed by atoms with Gasteiger partial charge in [0.25, 0.3) is 5.91 Å². The fourth-order valence-electron chi connectivity index (χ4n) is 7.44. The van der Waals surface area contributed by atoms with Crippen molar-refractivity contribution in [2.24, 2.45) is 0 Å². The lowest BCUT2D eigenvalue weighted by atomic mass is 9.98. The van der Waals surface area contributed by atoms with E-state index in [1.165, 1.54) is 19.3 Å². The molecule has 2 aromatic rings. The second kappa shape index (κ2) is 14.8. The lowest BCUT2D eigenvalue weighted by molar-refractivity contribution is -0.142. The summed E-state index contributed by atoms with van der Waals surface area (Å²) in [7, 11) is 0. The van der Waals surface area contributed by atoms with Crippen molar-refractivity contribution >= 4 is 46.9 Å². The number of carbonyl (C=O) groups excluding carboxylic acids is 3. The van der Waals surface area contributed by atoms with Gasteiger partial charge in [0, 0.05) is 67.0 Å². The van der Waals surface area contributed by atoms with E-state index in [9.17, 15) is 14.4 Å². The predicted octanol–water partition coefficient (Wildman–Crippen LogP) is 6.38. The molecule has 1 N–H and O–H groups in total. The Morgan fingerprint density at radius 3 is 2.20 bits per heavy atom. The number of amides is 4. The first kappa shape index (κ1) is 32.9. The summed E-state index contributed by atoms with van der Waals surface area (Å²) in [6.07, 6.45) is 6.42. The van der Waals surface area contributed by atoms with Crippen LogP contribution in [0.5, 0.6) is 0 Å². The number of fused-ring (bicyclic) bond motifs is 1. The zero-order valence-corrected chi connectivity index (χ0v) is 28.2. The number of anilines is 1. The topological polar surface area (TPSA) is 85.4 Å². The van der Waals surface area contributed by atoms with Crippen LogP contribution in [0.3, 0.4) is 0 Å². The maximum Gasteiger partial charge on any atom is 0.410 e. The third-order valence-electron chi connectivity index (χ3n) is 10.3. The Morgan fingerprint density at radius 1 is 0.870 bits per heavy atom. The number of carbonyl (C=O) groups is 3. The summed E-state index contributed by atoms with van der Waals surface area (Å²) in [6, 6.07) is 11.9. The molecule has 4 aliphatic heterocycles. The molecule has 0 unspecified atom stereocenters. The summed E-state index contributed by atoms with van der Waals surface area (Å²) in [5.74, 6) is -0.172. The third-order valence-corrected chi connectivity index (χ3v) is 11.1. The normalized spacial score (nSPS) is 20.9. The van der Waals surface area contributed by atoms with E-state index in [1.54, 1.807) is 17.0 Å². The number of halogens is 2. The Labute approximate surface area is 282 Å². The fraction of sp³-hybridized carbons (Fsp3) is 0.571. The number of rotatable bonds is 6. The average molecular weight is 671 g/mol. The van der Waals surface area contributed by atoms with Crippen molar-refractivity contribution < 1.29 is 19.1 Å². The van der Waals surface area contributed by atoms with Crippen LogP contribution >= 0.6 is 23.2 Å². The smallest absolute Gasteiger partial charge is 0.410 e. The van der Waals surface area contributed by atoms with Gasteiger partial charge >= 0.3 is 12.1 Å². The first-order chi connectivity index (χ1) is 22.3. The van der Waals surface area contributed by atoms with Crippen LogP contribution in [0.4, 0.5) is 15.3 Å². The molecule has 4 aliphatic rings. The molecule has 0 radical (unpaired) electrons. The molecule has 46 heavy (non-hydrogen) atoms. The molecule has 248 valence electrons. The van der Waals surface area contributed by atoms with E-state index in [-0.39, 0.29) is 24.4 Å². The SMILES string of the molecule is Cc1c(Cl)cc(C[C@@H](OC(=O)N2CCC(N3CCc4ccccc4NC3=O)CC2)C(=O)N2CCC(N3CCCCC3)CC2)cc1Cl. The van der Waals surface area contributed by atoms with E-state index in [2.05, 4.69) is 10.2 Å². The molecule has 2 aromatic carbocycles. The molecule has 4 heterocycles. The van der Waals surface area contributed by atoms with Gasteiger partial charge in [0.15, 0.2) is 6.10 Å². The highest BCUT2D eigenvalue weighted by Gasteiger charge is 2.36. The first-order valence-electron chi connectivity index (χ1n) is 16.9. The lowest BCUT2D eigenvalue weighted by Crippen LogP contribution is -2.53. The van der Waals surface area contributed by atoms with Crippen LogP contribution in [-0.4, -0.2) is 102 Å². The van der Waals surface area contributed by atoms with Gasteiger partial charge in [-0.25, -0.2) is 9.59 Å². The van der Waals surface area contributed by atoms with Gasteiger partial charge in [-0.15, -0.1) is 0 Å². The molecule has 3 saturated heterocycles. The van der Waals surface area contributed by atoms with Crippen LogP contribution in [-0.2, 0) is 22.4 Å². The Hall–Kier alpha value is -3.01. The molecule has 0 aromatic heterocycles. The molecule has 1 atom stereocenters. The second-order valence-electron chi connectivity index (χ2n) is 13.2. The van der Waals surface area contributed by atoms with Crippen molar-refractivity contribution in [1.29, 1.82) is 0 Å². The van der Waals surface area contributed by atoms with Gasteiger partial charge in [-0.1, -0.05) is 47.8 Å². The second-order valence-corrected chi connectivity index (χ2v) is 14.0. The van der Waals surface area contributed by atoms with Crippen LogP contribution in [0.1, 0.15) is 61.6 Å². The number of hydrogen-bond acceptors (Lipinski definition) is 5. The van der Waals surface area contributed by atoms with E-state index in [0.29, 0.717) is 61.7 Å². The summed E-state index contributed by atoms with van der Waals surface area (Å²) in [6.45, 7) is 6.95. The highest BCUT2D eigenvalue weighted by Crippen LogP contribution is 2.29. The van der Waals surface area contributed by atoms with E-state index in [0.717, 1.165) is 54.7 Å². The predicted molar refractivity (Wildman–Crippen MR) is 181 cm³/mol. The Kier molecular flexibility index (Phi) is 10.6. The van der Waals surface area contributed by atoms with Crippen LogP contribution in [0, 0.1) is 6.92 Å². The van der Waals surface area contributed by atoms with E-state index in [1.807, 2.05) is 41.0 Å². The highest BCUT2D eigenvalue weighted by molar-refractivity contribution is 6.36. The summed E-state index contributed by atoms with van der Waals surface area (Å²) in [5.41, 5.74) is 3.51. The van der Waals surface area contributed by atoms with Crippen molar-refractivity contribution in [3.05, 3.63) is 63.1 Å². The van der Waals surface area contributed by atoms with Gasteiger partial charge in [0.1, 0.15) is 0 Å². The van der Waals surface area contributed by atoms with Crippen molar-refractivity contribution in [2.75, 3.05) is 51.1 Å². The Morgan fingerprint density at radius 2 is 1.50 bits per heavy atom. The minimum atomic E-state index is -0.985. The lowest BCUT2D eigenvalue weighted by Gasteiger charge is -2.41. The molecule has 0 saturated carbocycles. The Bertz CT molecular complexity index is 1390. The van der Waals surface area contributed by atoms with Crippen molar-refractivity contribution in [3.63, 3.8) is 0 Å². The summed E-state index contributed by atoms with van der Waals surface area (Å²) >= 11 is 12.9. The number of benzene rings is 2. The van der Waals surface area contributed by atoms with Crippen LogP contribution in [0.25, 0.3) is 0 Å². The van der Waals surface area contributed by atoms with Gasteiger partial charge in [0.05, 0.1) is 0 Å². The number of likely N-dealkylation sites (tertiary alicyclic amines) is 3. The van der Waals surface area contributed by atoms with Crippen LogP contribution in [0.15, 0.2) is 36.4 Å². The number of piperidine rings is 3. The van der Waals surface area contributed by atoms with E-state index >= 15 is 0 Å². The number of hydrogen-bond donors (Lipinski definition) is 1. The van der Waals surface area contributed by atoms with Crippen LogP contribution in [0.2, 0.25) is 10.0 Å². The average Bonchev–Trinajstić information content (AvgIpc) is 3.25. The molecule has 6 rings (SSSR count). The van der Waals surface area contributed by atoms with Crippen LogP contribution < -0.4 is 5.32 Å². The maximum absolute atomic E-state index is 14.0.